The number of carbonyl (C=O) groups excluding carboxylic acids is 2. The van der Waals surface area contributed by atoms with Crippen LogP contribution in [-0.2, 0) is 36.5 Å². The molecule has 1 heterocycles. The molecule has 9 heteroatoms. The van der Waals surface area contributed by atoms with Crippen LogP contribution in [0.3, 0.4) is 0 Å². The van der Waals surface area contributed by atoms with Gasteiger partial charge in [-0.2, -0.15) is 0 Å². The van der Waals surface area contributed by atoms with E-state index >= 15 is 0 Å². The number of aromatic nitrogens is 2. The number of sulfone groups is 1. The van der Waals surface area contributed by atoms with Gasteiger partial charge in [-0.3, -0.25) is 4.79 Å². The largest absolute Gasteiger partial charge is 0.467 e. The van der Waals surface area contributed by atoms with Gasteiger partial charge in [0, 0.05) is 6.26 Å². The maximum atomic E-state index is 12.6. The lowest BCUT2D eigenvalue weighted by Crippen LogP contribution is -2.43. The number of imidazole rings is 1. The Morgan fingerprint density at radius 1 is 1.26 bits per heavy atom. The fourth-order valence-electron chi connectivity index (χ4n) is 2.86. The number of hydrogen-bond acceptors (Lipinski definition) is 6. The summed E-state index contributed by atoms with van der Waals surface area (Å²) in [6, 6.07) is 6.35. The number of benzene rings is 1. The van der Waals surface area contributed by atoms with Crippen molar-refractivity contribution >= 4 is 32.7 Å². The summed E-state index contributed by atoms with van der Waals surface area (Å²) in [5, 5.41) is 2.68. The summed E-state index contributed by atoms with van der Waals surface area (Å²) in [5.74, 6) is -0.731. The van der Waals surface area contributed by atoms with Crippen molar-refractivity contribution in [2.24, 2.45) is 5.92 Å². The molecule has 1 aromatic carbocycles. The fourth-order valence-corrected chi connectivity index (χ4v) is 3.55. The Morgan fingerprint density at radius 3 is 2.52 bits per heavy atom. The van der Waals surface area contributed by atoms with Crippen molar-refractivity contribution in [3.05, 3.63) is 30.1 Å². The van der Waals surface area contributed by atoms with Gasteiger partial charge in [-0.25, -0.2) is 18.2 Å². The quantitative estimate of drug-likeness (QED) is 0.675. The summed E-state index contributed by atoms with van der Waals surface area (Å²) in [6.45, 7) is 3.74. The molecule has 27 heavy (non-hydrogen) atoms. The zero-order valence-corrected chi connectivity index (χ0v) is 16.7. The monoisotopic (exact) mass is 395 g/mol. The van der Waals surface area contributed by atoms with Crippen LogP contribution in [0.25, 0.3) is 11.0 Å². The molecule has 0 aliphatic heterocycles. The second-order valence-corrected chi connectivity index (χ2v) is 9.09. The average molecular weight is 395 g/mol. The van der Waals surface area contributed by atoms with Gasteiger partial charge in [0.05, 0.1) is 18.1 Å². The van der Waals surface area contributed by atoms with Gasteiger partial charge >= 0.3 is 5.97 Å². The Morgan fingerprint density at radius 2 is 1.93 bits per heavy atom. The molecule has 0 aliphatic carbocycles. The fraction of sp³-hybridized carbons (Fsp3) is 0.500. The normalized spacial score (nSPS) is 12.9. The molecule has 1 unspecified atom stereocenters. The Labute approximate surface area is 158 Å². The van der Waals surface area contributed by atoms with E-state index in [2.05, 4.69) is 10.3 Å². The van der Waals surface area contributed by atoms with Gasteiger partial charge in [-0.05, 0) is 24.5 Å². The number of nitrogens with zero attached hydrogens (tertiary/aromatic N) is 2. The highest BCUT2D eigenvalue weighted by atomic mass is 32.2. The summed E-state index contributed by atoms with van der Waals surface area (Å²) in [5.41, 5.74) is 1.26. The van der Waals surface area contributed by atoms with Crippen molar-refractivity contribution in [1.82, 2.24) is 14.9 Å². The predicted molar refractivity (Wildman–Crippen MR) is 102 cm³/mol. The highest BCUT2D eigenvalue weighted by molar-refractivity contribution is 7.89. The van der Waals surface area contributed by atoms with Crippen LogP contribution >= 0.6 is 0 Å². The Hall–Kier alpha value is -2.42. The molecule has 1 atom stereocenters. The van der Waals surface area contributed by atoms with E-state index in [0.29, 0.717) is 17.5 Å². The third kappa shape index (κ3) is 5.78. The highest BCUT2D eigenvalue weighted by Gasteiger charge is 2.24. The van der Waals surface area contributed by atoms with Crippen molar-refractivity contribution in [1.29, 1.82) is 0 Å². The third-order valence-corrected chi connectivity index (χ3v) is 4.74. The summed E-state index contributed by atoms with van der Waals surface area (Å²) in [7, 11) is -2.06. The molecule has 8 nitrogen and oxygen atoms in total. The summed E-state index contributed by atoms with van der Waals surface area (Å²) in [4.78, 5) is 28.8. The zero-order valence-electron chi connectivity index (χ0n) is 15.9. The van der Waals surface area contributed by atoms with Gasteiger partial charge in [0.2, 0.25) is 5.91 Å². The zero-order chi connectivity index (χ0) is 20.2. The Bertz CT molecular complexity index is 934. The van der Waals surface area contributed by atoms with E-state index in [0.717, 1.165) is 6.26 Å². The molecule has 1 aromatic heterocycles. The van der Waals surface area contributed by atoms with Crippen molar-refractivity contribution in [2.45, 2.75) is 38.6 Å². The van der Waals surface area contributed by atoms with Crippen LogP contribution in [0.2, 0.25) is 0 Å². The number of carbonyl (C=O) groups is 2. The second kappa shape index (κ2) is 8.51. The molecule has 2 rings (SSSR count). The minimum Gasteiger partial charge on any atom is -0.467 e. The third-order valence-electron chi connectivity index (χ3n) is 3.95. The molecule has 1 amide bonds. The maximum Gasteiger partial charge on any atom is 0.328 e. The van der Waals surface area contributed by atoms with E-state index < -0.39 is 27.8 Å². The summed E-state index contributed by atoms with van der Waals surface area (Å²) < 4.78 is 29.8. The molecule has 0 fully saturated rings. The standard InChI is InChI=1S/C18H25N3O5S/c1-12(2)9-14(18(23)26-3)20-17(22)10-21-15-8-6-5-7-13(15)19-16(21)11-27(4,24)25/h5-8,12,14H,9-11H2,1-4H3,(H,20,22). The highest BCUT2D eigenvalue weighted by Crippen LogP contribution is 2.18. The van der Waals surface area contributed by atoms with E-state index in [1.807, 2.05) is 13.8 Å². The summed E-state index contributed by atoms with van der Waals surface area (Å²) >= 11 is 0. The van der Waals surface area contributed by atoms with E-state index in [1.54, 1.807) is 28.8 Å². The van der Waals surface area contributed by atoms with Gasteiger partial charge in [-0.1, -0.05) is 26.0 Å². The lowest BCUT2D eigenvalue weighted by Gasteiger charge is -2.19. The maximum absolute atomic E-state index is 12.6. The topological polar surface area (TPSA) is 107 Å². The smallest absolute Gasteiger partial charge is 0.328 e. The molecule has 0 saturated heterocycles. The first-order valence-electron chi connectivity index (χ1n) is 8.59. The predicted octanol–water partition coefficient (Wildman–Crippen LogP) is 1.28. The molecular weight excluding hydrogens is 370 g/mol. The number of amides is 1. The number of ether oxygens (including phenoxy) is 1. The lowest BCUT2D eigenvalue weighted by molar-refractivity contribution is -0.145. The van der Waals surface area contributed by atoms with Crippen molar-refractivity contribution < 1.29 is 22.7 Å². The Kier molecular flexibility index (Phi) is 6.59. The van der Waals surface area contributed by atoms with Crippen LogP contribution in [0.15, 0.2) is 24.3 Å². The van der Waals surface area contributed by atoms with Gasteiger partial charge in [0.1, 0.15) is 24.2 Å². The van der Waals surface area contributed by atoms with Crippen LogP contribution < -0.4 is 5.32 Å². The van der Waals surface area contributed by atoms with E-state index in [4.69, 9.17) is 4.74 Å². The van der Waals surface area contributed by atoms with Crippen molar-refractivity contribution in [3.63, 3.8) is 0 Å². The van der Waals surface area contributed by atoms with Crippen molar-refractivity contribution in [2.75, 3.05) is 13.4 Å². The number of nitrogens with one attached hydrogen (secondary N) is 1. The van der Waals surface area contributed by atoms with Gasteiger partial charge in [-0.15, -0.1) is 0 Å². The number of fused-ring (bicyclic) bond motifs is 1. The first kappa shape index (κ1) is 20.9. The molecule has 2 aromatic rings. The minimum atomic E-state index is -3.33. The van der Waals surface area contributed by atoms with E-state index in [-0.39, 0.29) is 24.0 Å². The molecule has 0 radical (unpaired) electrons. The lowest BCUT2D eigenvalue weighted by atomic mass is 10.0. The number of rotatable bonds is 8. The Balaban J connectivity index is 2.29. The van der Waals surface area contributed by atoms with E-state index in [1.165, 1.54) is 7.11 Å². The number of para-hydroxylation sites is 2. The SMILES string of the molecule is COC(=O)C(CC(C)C)NC(=O)Cn1c(CS(C)(=O)=O)nc2ccccc21. The summed E-state index contributed by atoms with van der Waals surface area (Å²) in [6.07, 6.45) is 1.56. The van der Waals surface area contributed by atoms with Crippen LogP contribution in [0.4, 0.5) is 0 Å². The molecule has 0 bridgehead atoms. The molecule has 148 valence electrons. The number of methoxy groups -OCH3 is 1. The first-order valence-corrected chi connectivity index (χ1v) is 10.7. The van der Waals surface area contributed by atoms with Crippen LogP contribution in [0, 0.1) is 5.92 Å². The average Bonchev–Trinajstić information content (AvgIpc) is 2.88. The molecule has 0 spiro atoms. The van der Waals surface area contributed by atoms with Gasteiger partial charge < -0.3 is 14.6 Å². The molecule has 0 aliphatic rings. The van der Waals surface area contributed by atoms with Gasteiger partial charge in [0.15, 0.2) is 9.84 Å². The first-order chi connectivity index (χ1) is 12.6. The molecular formula is C18H25N3O5S. The van der Waals surface area contributed by atoms with Crippen LogP contribution in [0.5, 0.6) is 0 Å². The van der Waals surface area contributed by atoms with Crippen LogP contribution in [-0.4, -0.2) is 49.3 Å². The molecule has 1 N–H and O–H groups in total. The van der Waals surface area contributed by atoms with E-state index in [9.17, 15) is 18.0 Å². The van der Waals surface area contributed by atoms with Crippen molar-refractivity contribution in [3.8, 4) is 0 Å². The van der Waals surface area contributed by atoms with Crippen LogP contribution in [0.1, 0.15) is 26.1 Å². The van der Waals surface area contributed by atoms with Gasteiger partial charge in [0.25, 0.3) is 0 Å². The number of hydrogen-bond donors (Lipinski definition) is 1. The minimum absolute atomic E-state index is 0.142. The molecule has 0 saturated carbocycles. The second-order valence-electron chi connectivity index (χ2n) is 6.95. The number of esters is 1.